The van der Waals surface area contributed by atoms with E-state index < -0.39 is 12.1 Å². The maximum atomic E-state index is 12.5. The molecule has 2 atom stereocenters. The zero-order chi connectivity index (χ0) is 54.3. The highest BCUT2D eigenvalue weighted by molar-refractivity contribution is 5.76. The molecule has 442 valence electrons. The average molecular weight is 1050 g/mol. The summed E-state index contributed by atoms with van der Waals surface area (Å²) < 4.78 is 5.50. The SMILES string of the molecule is CCCCC/C=C\C/C=C\CCCCCCCCCCCC(=O)OCCCCCCCCCCCCCCCCCC(=O)NC(CO)C(O)/C=C/CCCCCCCCCCCCCCCCCCCCCCCC. The van der Waals surface area contributed by atoms with E-state index in [0.717, 1.165) is 64.2 Å². The van der Waals surface area contributed by atoms with Crippen LogP contribution in [0.1, 0.15) is 367 Å². The van der Waals surface area contributed by atoms with Crippen molar-refractivity contribution in [2.75, 3.05) is 13.2 Å². The number of rotatable bonds is 63. The monoisotopic (exact) mass is 1050 g/mol. The van der Waals surface area contributed by atoms with Gasteiger partial charge in [0.2, 0.25) is 5.91 Å². The summed E-state index contributed by atoms with van der Waals surface area (Å²) in [5, 5.41) is 23.3. The number of unbranched alkanes of at least 4 members (excludes halogenated alkanes) is 48. The van der Waals surface area contributed by atoms with E-state index in [0.29, 0.717) is 19.4 Å². The van der Waals surface area contributed by atoms with E-state index in [4.69, 9.17) is 4.74 Å². The molecule has 0 aliphatic heterocycles. The van der Waals surface area contributed by atoms with Crippen molar-refractivity contribution in [3.8, 4) is 0 Å². The third kappa shape index (κ3) is 61.2. The Kier molecular flexibility index (Phi) is 63.0. The quantitative estimate of drug-likeness (QED) is 0.0320. The van der Waals surface area contributed by atoms with Crippen LogP contribution in [0.5, 0.6) is 0 Å². The summed E-state index contributed by atoms with van der Waals surface area (Å²) in [6, 6.07) is -0.637. The highest BCUT2D eigenvalue weighted by Gasteiger charge is 2.18. The number of aliphatic hydroxyl groups is 2. The number of carbonyl (C=O) groups excluding carboxylic acids is 2. The first-order valence-electron chi connectivity index (χ1n) is 33.8. The minimum atomic E-state index is -0.852. The number of carbonyl (C=O) groups is 2. The molecule has 0 radical (unpaired) electrons. The molecule has 0 aliphatic rings. The Morgan fingerprint density at radius 3 is 1.04 bits per heavy atom. The molecule has 6 nitrogen and oxygen atoms in total. The number of hydrogen-bond donors (Lipinski definition) is 3. The van der Waals surface area contributed by atoms with E-state index >= 15 is 0 Å². The van der Waals surface area contributed by atoms with Crippen molar-refractivity contribution in [2.45, 2.75) is 379 Å². The van der Waals surface area contributed by atoms with E-state index in [1.165, 1.54) is 276 Å². The van der Waals surface area contributed by atoms with Crippen LogP contribution in [0.25, 0.3) is 0 Å². The molecular formula is C69H131NO5. The molecule has 0 rings (SSSR count). The average Bonchev–Trinajstić information content (AvgIpc) is 3.41. The summed E-state index contributed by atoms with van der Waals surface area (Å²) >= 11 is 0. The van der Waals surface area contributed by atoms with Crippen molar-refractivity contribution in [3.63, 3.8) is 0 Å². The Hall–Kier alpha value is -1.92. The molecule has 75 heavy (non-hydrogen) atoms. The second kappa shape index (κ2) is 64.6. The number of aliphatic hydroxyl groups excluding tert-OH is 2. The lowest BCUT2D eigenvalue weighted by Gasteiger charge is -2.20. The van der Waals surface area contributed by atoms with Crippen LogP contribution >= 0.6 is 0 Å². The molecule has 0 aromatic heterocycles. The van der Waals surface area contributed by atoms with Gasteiger partial charge in [-0.1, -0.05) is 326 Å². The number of esters is 1. The fraction of sp³-hybridized carbons (Fsp3) is 0.884. The van der Waals surface area contributed by atoms with Gasteiger partial charge in [0.05, 0.1) is 25.4 Å². The topological polar surface area (TPSA) is 95.9 Å². The highest BCUT2D eigenvalue weighted by Crippen LogP contribution is 2.18. The highest BCUT2D eigenvalue weighted by atomic mass is 16.5. The standard InChI is InChI=1S/C69H131NO5/c1-3-5-7-9-11-13-15-17-19-21-23-24-25-26-27-29-30-33-37-41-45-49-53-57-61-67(72)66(65-71)70-68(73)62-58-54-50-46-42-38-34-32-36-40-44-48-52-56-60-64-75-69(74)63-59-55-51-47-43-39-35-31-28-22-20-18-16-14-12-10-8-6-4-2/h12,14,18,20,57,61,66-67,71-72H,3-11,13,15-17,19,21-56,58-60,62-65H2,1-2H3,(H,70,73)/b14-12-,20-18-,61-57+. The number of nitrogens with one attached hydrogen (secondary N) is 1. The van der Waals surface area contributed by atoms with Crippen LogP contribution in [0.3, 0.4) is 0 Å². The first-order valence-corrected chi connectivity index (χ1v) is 33.8. The fourth-order valence-electron chi connectivity index (χ4n) is 10.5. The van der Waals surface area contributed by atoms with Gasteiger partial charge < -0.3 is 20.3 Å². The molecule has 2 unspecified atom stereocenters. The van der Waals surface area contributed by atoms with E-state index in [2.05, 4.69) is 43.5 Å². The van der Waals surface area contributed by atoms with Gasteiger partial charge in [0.1, 0.15) is 0 Å². The van der Waals surface area contributed by atoms with Crippen LogP contribution in [-0.4, -0.2) is 47.4 Å². The third-order valence-electron chi connectivity index (χ3n) is 15.7. The zero-order valence-electron chi connectivity index (χ0n) is 50.5. The van der Waals surface area contributed by atoms with Crippen LogP contribution in [0.2, 0.25) is 0 Å². The van der Waals surface area contributed by atoms with E-state index in [1.807, 2.05) is 6.08 Å². The summed E-state index contributed by atoms with van der Waals surface area (Å²) in [6.07, 6.45) is 81.9. The number of amides is 1. The second-order valence-corrected chi connectivity index (χ2v) is 23.2. The van der Waals surface area contributed by atoms with Gasteiger partial charge in [-0.2, -0.15) is 0 Å². The summed E-state index contributed by atoms with van der Waals surface area (Å²) in [7, 11) is 0. The number of allylic oxidation sites excluding steroid dienone is 5. The van der Waals surface area contributed by atoms with Crippen molar-refractivity contribution >= 4 is 11.9 Å². The maximum Gasteiger partial charge on any atom is 0.305 e. The Morgan fingerprint density at radius 1 is 0.373 bits per heavy atom. The second-order valence-electron chi connectivity index (χ2n) is 23.2. The smallest absolute Gasteiger partial charge is 0.305 e. The molecule has 6 heteroatoms. The first kappa shape index (κ1) is 73.1. The van der Waals surface area contributed by atoms with Crippen molar-refractivity contribution in [3.05, 3.63) is 36.5 Å². The molecule has 0 aromatic rings. The maximum absolute atomic E-state index is 12.5. The lowest BCUT2D eigenvalue weighted by atomic mass is 10.0. The van der Waals surface area contributed by atoms with E-state index in [-0.39, 0.29) is 18.5 Å². The minimum absolute atomic E-state index is 0.00341. The van der Waals surface area contributed by atoms with Crippen LogP contribution < -0.4 is 5.32 Å². The Labute approximate surface area is 468 Å². The van der Waals surface area contributed by atoms with E-state index in [9.17, 15) is 19.8 Å². The summed E-state index contributed by atoms with van der Waals surface area (Å²) in [6.45, 7) is 4.89. The molecule has 0 saturated carbocycles. The predicted octanol–water partition coefficient (Wildman–Crippen LogP) is 21.5. The fourth-order valence-corrected chi connectivity index (χ4v) is 10.5. The third-order valence-corrected chi connectivity index (χ3v) is 15.7. The number of hydrogen-bond acceptors (Lipinski definition) is 5. The predicted molar refractivity (Wildman–Crippen MR) is 329 cm³/mol. The molecule has 0 aromatic carbocycles. The summed E-state index contributed by atoms with van der Waals surface area (Å²) in [4.78, 5) is 24.6. The van der Waals surface area contributed by atoms with Crippen molar-refractivity contribution in [1.29, 1.82) is 0 Å². The molecule has 0 saturated heterocycles. The van der Waals surface area contributed by atoms with Crippen LogP contribution in [0.4, 0.5) is 0 Å². The van der Waals surface area contributed by atoms with Crippen molar-refractivity contribution < 1.29 is 24.5 Å². The van der Waals surface area contributed by atoms with Crippen LogP contribution in [-0.2, 0) is 14.3 Å². The van der Waals surface area contributed by atoms with Gasteiger partial charge in [-0.15, -0.1) is 0 Å². The number of ether oxygens (including phenoxy) is 1. The molecular weight excluding hydrogens is 923 g/mol. The van der Waals surface area contributed by atoms with E-state index in [1.54, 1.807) is 6.08 Å². The van der Waals surface area contributed by atoms with Gasteiger partial charge in [-0.3, -0.25) is 9.59 Å². The zero-order valence-corrected chi connectivity index (χ0v) is 50.5. The van der Waals surface area contributed by atoms with Gasteiger partial charge in [0.25, 0.3) is 0 Å². The van der Waals surface area contributed by atoms with Crippen molar-refractivity contribution in [2.24, 2.45) is 0 Å². The molecule has 0 bridgehead atoms. The summed E-state index contributed by atoms with van der Waals surface area (Å²) in [5.41, 5.74) is 0. The van der Waals surface area contributed by atoms with Crippen molar-refractivity contribution in [1.82, 2.24) is 5.32 Å². The van der Waals surface area contributed by atoms with Gasteiger partial charge in [-0.25, -0.2) is 0 Å². The molecule has 0 aliphatic carbocycles. The molecule has 1 amide bonds. The normalized spacial score (nSPS) is 12.7. The first-order chi connectivity index (χ1) is 37.0. The molecule has 0 heterocycles. The largest absolute Gasteiger partial charge is 0.466 e. The Bertz CT molecular complexity index is 1210. The summed E-state index contributed by atoms with van der Waals surface area (Å²) in [5.74, 6) is -0.0764. The molecule has 0 spiro atoms. The molecule has 0 fully saturated rings. The Morgan fingerprint density at radius 2 is 0.667 bits per heavy atom. The van der Waals surface area contributed by atoms with Gasteiger partial charge >= 0.3 is 5.97 Å². The van der Waals surface area contributed by atoms with Gasteiger partial charge in [0.15, 0.2) is 0 Å². The molecule has 3 N–H and O–H groups in total. The lowest BCUT2D eigenvalue weighted by molar-refractivity contribution is -0.143. The Balaban J connectivity index is 3.45. The van der Waals surface area contributed by atoms with Gasteiger partial charge in [0, 0.05) is 12.8 Å². The van der Waals surface area contributed by atoms with Crippen LogP contribution in [0, 0.1) is 0 Å². The minimum Gasteiger partial charge on any atom is -0.466 e. The van der Waals surface area contributed by atoms with Gasteiger partial charge in [-0.05, 0) is 64.2 Å². The van der Waals surface area contributed by atoms with Crippen LogP contribution in [0.15, 0.2) is 36.5 Å². The lowest BCUT2D eigenvalue weighted by Crippen LogP contribution is -2.45.